The van der Waals surface area contributed by atoms with Gasteiger partial charge in [0, 0.05) is 6.54 Å². The minimum atomic E-state index is -0.265. The summed E-state index contributed by atoms with van der Waals surface area (Å²) in [5.74, 6) is -0.522. The molecule has 0 aliphatic carbocycles. The Labute approximate surface area is 110 Å². The summed E-state index contributed by atoms with van der Waals surface area (Å²) < 4.78 is 5.05. The Morgan fingerprint density at radius 1 is 1.17 bits per heavy atom. The topological polar surface area (TPSA) is 55.4 Å². The van der Waals surface area contributed by atoms with E-state index in [4.69, 9.17) is 4.74 Å². The lowest BCUT2D eigenvalue weighted by atomic mass is 10.1. The molecule has 0 aliphatic rings. The van der Waals surface area contributed by atoms with Crippen LogP contribution >= 0.6 is 0 Å². The number of ether oxygens (including phenoxy) is 1. The van der Waals surface area contributed by atoms with Crippen LogP contribution in [0.1, 0.15) is 51.9 Å². The first kappa shape index (κ1) is 16.7. The smallest absolute Gasteiger partial charge is 0.307 e. The fourth-order valence-corrected chi connectivity index (χ4v) is 1.50. The Balaban J connectivity index is 3.26. The van der Waals surface area contributed by atoms with Gasteiger partial charge in [0.2, 0.25) is 5.91 Å². The number of hydrogen-bond acceptors (Lipinski definition) is 3. The standard InChI is InChI=1S/C14H25NO3/c1-3-5-6-7-8-9-12-18-14(17)10-11-15-13(16)4-2/h4H,2-3,5-12H2,1H3,(H,15,16). The third-order valence-electron chi connectivity index (χ3n) is 2.57. The molecular weight excluding hydrogens is 230 g/mol. The predicted molar refractivity (Wildman–Crippen MR) is 72.2 cm³/mol. The molecule has 0 spiro atoms. The molecule has 1 N–H and O–H groups in total. The van der Waals surface area contributed by atoms with E-state index in [-0.39, 0.29) is 18.3 Å². The van der Waals surface area contributed by atoms with Crippen LogP contribution in [-0.4, -0.2) is 25.0 Å². The Kier molecular flexibility index (Phi) is 11.3. The molecule has 0 unspecified atom stereocenters. The average molecular weight is 255 g/mol. The zero-order valence-corrected chi connectivity index (χ0v) is 11.4. The van der Waals surface area contributed by atoms with Gasteiger partial charge in [0.15, 0.2) is 0 Å². The second-order valence-corrected chi connectivity index (χ2v) is 4.23. The first-order valence-electron chi connectivity index (χ1n) is 6.76. The molecular formula is C14H25NO3. The molecule has 18 heavy (non-hydrogen) atoms. The van der Waals surface area contributed by atoms with Crippen LogP contribution in [-0.2, 0) is 14.3 Å². The van der Waals surface area contributed by atoms with E-state index < -0.39 is 0 Å². The van der Waals surface area contributed by atoms with Crippen molar-refractivity contribution in [1.29, 1.82) is 0 Å². The summed E-state index contributed by atoms with van der Waals surface area (Å²) in [6, 6.07) is 0. The molecule has 0 aromatic rings. The summed E-state index contributed by atoms with van der Waals surface area (Å²) in [5.41, 5.74) is 0. The third kappa shape index (κ3) is 11.2. The average Bonchev–Trinajstić information content (AvgIpc) is 2.37. The van der Waals surface area contributed by atoms with Crippen molar-refractivity contribution in [3.05, 3.63) is 12.7 Å². The van der Waals surface area contributed by atoms with Crippen molar-refractivity contribution in [2.45, 2.75) is 51.9 Å². The van der Waals surface area contributed by atoms with Crippen molar-refractivity contribution in [2.75, 3.05) is 13.2 Å². The lowest BCUT2D eigenvalue weighted by Crippen LogP contribution is -2.24. The van der Waals surface area contributed by atoms with Crippen molar-refractivity contribution in [2.24, 2.45) is 0 Å². The van der Waals surface area contributed by atoms with Crippen LogP contribution in [0.5, 0.6) is 0 Å². The minimum Gasteiger partial charge on any atom is -0.466 e. The van der Waals surface area contributed by atoms with Crippen molar-refractivity contribution in [1.82, 2.24) is 5.32 Å². The monoisotopic (exact) mass is 255 g/mol. The molecule has 104 valence electrons. The molecule has 1 amide bonds. The molecule has 4 heteroatoms. The number of rotatable bonds is 11. The van der Waals surface area contributed by atoms with E-state index in [1.807, 2.05) is 0 Å². The Hall–Kier alpha value is -1.32. The molecule has 0 aliphatic heterocycles. The second kappa shape index (κ2) is 12.1. The molecule has 0 aromatic carbocycles. The summed E-state index contributed by atoms with van der Waals surface area (Å²) in [7, 11) is 0. The van der Waals surface area contributed by atoms with Gasteiger partial charge in [0.05, 0.1) is 13.0 Å². The fourth-order valence-electron chi connectivity index (χ4n) is 1.50. The Bertz CT molecular complexity index is 251. The first-order chi connectivity index (χ1) is 8.70. The van der Waals surface area contributed by atoms with E-state index in [0.29, 0.717) is 13.2 Å². The normalized spacial score (nSPS) is 9.83. The number of hydrogen-bond donors (Lipinski definition) is 1. The van der Waals surface area contributed by atoms with E-state index in [1.165, 1.54) is 31.8 Å². The number of carbonyl (C=O) groups excluding carboxylic acids is 2. The van der Waals surface area contributed by atoms with Crippen LogP contribution in [0.2, 0.25) is 0 Å². The molecule has 0 saturated heterocycles. The molecule has 4 nitrogen and oxygen atoms in total. The largest absolute Gasteiger partial charge is 0.466 e. The van der Waals surface area contributed by atoms with Gasteiger partial charge in [0.1, 0.15) is 0 Å². The third-order valence-corrected chi connectivity index (χ3v) is 2.57. The van der Waals surface area contributed by atoms with Crippen LogP contribution in [0, 0.1) is 0 Å². The molecule has 0 fully saturated rings. The SMILES string of the molecule is C=CC(=O)NCCC(=O)OCCCCCCCC. The van der Waals surface area contributed by atoms with Gasteiger partial charge >= 0.3 is 5.97 Å². The molecule has 0 aromatic heterocycles. The number of esters is 1. The van der Waals surface area contributed by atoms with Crippen LogP contribution in [0.15, 0.2) is 12.7 Å². The highest BCUT2D eigenvalue weighted by atomic mass is 16.5. The van der Waals surface area contributed by atoms with Crippen molar-refractivity contribution in [3.8, 4) is 0 Å². The van der Waals surface area contributed by atoms with Crippen molar-refractivity contribution >= 4 is 11.9 Å². The van der Waals surface area contributed by atoms with Gasteiger partial charge in [-0.25, -0.2) is 0 Å². The van der Waals surface area contributed by atoms with Crippen molar-refractivity contribution in [3.63, 3.8) is 0 Å². The summed E-state index contributed by atoms with van der Waals surface area (Å²) in [6.07, 6.45) is 8.43. The summed E-state index contributed by atoms with van der Waals surface area (Å²) in [4.78, 5) is 22.0. The highest BCUT2D eigenvalue weighted by molar-refractivity contribution is 5.87. The Morgan fingerprint density at radius 3 is 2.50 bits per heavy atom. The molecule has 0 radical (unpaired) electrons. The lowest BCUT2D eigenvalue weighted by Gasteiger charge is -2.05. The summed E-state index contributed by atoms with van der Waals surface area (Å²) >= 11 is 0. The van der Waals surface area contributed by atoms with Gasteiger partial charge in [-0.3, -0.25) is 9.59 Å². The minimum absolute atomic E-state index is 0.218. The van der Waals surface area contributed by atoms with Crippen LogP contribution in [0.4, 0.5) is 0 Å². The summed E-state index contributed by atoms with van der Waals surface area (Å²) in [6.45, 7) is 6.30. The fraction of sp³-hybridized carbons (Fsp3) is 0.714. The molecule has 0 rings (SSSR count). The lowest BCUT2D eigenvalue weighted by molar-refractivity contribution is -0.143. The highest BCUT2D eigenvalue weighted by Crippen LogP contribution is 2.05. The molecule has 0 atom stereocenters. The number of nitrogens with one attached hydrogen (secondary N) is 1. The van der Waals surface area contributed by atoms with E-state index in [1.54, 1.807) is 0 Å². The van der Waals surface area contributed by atoms with Gasteiger partial charge in [-0.1, -0.05) is 45.6 Å². The van der Waals surface area contributed by atoms with Crippen LogP contribution in [0.3, 0.4) is 0 Å². The second-order valence-electron chi connectivity index (χ2n) is 4.23. The number of unbranched alkanes of at least 4 members (excludes halogenated alkanes) is 5. The number of carbonyl (C=O) groups is 2. The van der Waals surface area contributed by atoms with E-state index in [0.717, 1.165) is 12.8 Å². The maximum absolute atomic E-state index is 11.2. The molecule has 0 saturated carbocycles. The zero-order valence-electron chi connectivity index (χ0n) is 11.4. The Morgan fingerprint density at radius 2 is 1.83 bits per heavy atom. The van der Waals surface area contributed by atoms with E-state index in [9.17, 15) is 9.59 Å². The van der Waals surface area contributed by atoms with E-state index >= 15 is 0 Å². The number of amides is 1. The first-order valence-corrected chi connectivity index (χ1v) is 6.76. The maximum atomic E-state index is 11.2. The quantitative estimate of drug-likeness (QED) is 0.351. The van der Waals surface area contributed by atoms with Gasteiger partial charge in [-0.2, -0.15) is 0 Å². The summed E-state index contributed by atoms with van der Waals surface area (Å²) in [5, 5.41) is 2.53. The zero-order chi connectivity index (χ0) is 13.6. The van der Waals surface area contributed by atoms with Crippen LogP contribution in [0.25, 0.3) is 0 Å². The van der Waals surface area contributed by atoms with Gasteiger partial charge < -0.3 is 10.1 Å². The van der Waals surface area contributed by atoms with E-state index in [2.05, 4.69) is 18.8 Å². The van der Waals surface area contributed by atoms with Gasteiger partial charge in [-0.05, 0) is 12.5 Å². The van der Waals surface area contributed by atoms with Gasteiger partial charge in [-0.15, -0.1) is 0 Å². The predicted octanol–water partition coefficient (Wildman–Crippen LogP) is 2.58. The highest BCUT2D eigenvalue weighted by Gasteiger charge is 2.03. The van der Waals surface area contributed by atoms with Crippen molar-refractivity contribution < 1.29 is 14.3 Å². The molecule has 0 bridgehead atoms. The maximum Gasteiger partial charge on any atom is 0.307 e. The van der Waals surface area contributed by atoms with Crippen LogP contribution < -0.4 is 5.32 Å². The molecule has 0 heterocycles. The van der Waals surface area contributed by atoms with Gasteiger partial charge in [0.25, 0.3) is 0 Å².